The van der Waals surface area contributed by atoms with Gasteiger partial charge in [-0.2, -0.15) is 0 Å². The van der Waals surface area contributed by atoms with Gasteiger partial charge in [-0.15, -0.1) is 0 Å². The maximum atomic E-state index is 12.6. The highest BCUT2D eigenvalue weighted by Gasteiger charge is 2.22. The molecule has 7 heteroatoms. The van der Waals surface area contributed by atoms with Crippen LogP contribution in [0.25, 0.3) is 10.9 Å². The summed E-state index contributed by atoms with van der Waals surface area (Å²) in [5.41, 5.74) is 1.35. The highest BCUT2D eigenvalue weighted by Crippen LogP contribution is 2.13. The van der Waals surface area contributed by atoms with Crippen molar-refractivity contribution < 1.29 is 4.79 Å². The molecule has 3 heterocycles. The molecule has 0 bridgehead atoms. The molecule has 0 radical (unpaired) electrons. The number of nitrogens with zero attached hydrogens (tertiary/aromatic N) is 4. The Morgan fingerprint density at radius 3 is 2.56 bits per heavy atom. The summed E-state index contributed by atoms with van der Waals surface area (Å²) in [5.74, 6) is 0.781. The van der Waals surface area contributed by atoms with Crippen LogP contribution < -0.4 is 10.5 Å². The first-order valence-electron chi connectivity index (χ1n) is 9.11. The molecular formula is C20H21N5O2. The molecule has 1 aliphatic rings. The molecule has 27 heavy (non-hydrogen) atoms. The summed E-state index contributed by atoms with van der Waals surface area (Å²) in [6.07, 6.45) is 4.23. The third-order valence-corrected chi connectivity index (χ3v) is 4.91. The molecule has 1 amide bonds. The van der Waals surface area contributed by atoms with E-state index in [0.717, 1.165) is 10.9 Å². The summed E-state index contributed by atoms with van der Waals surface area (Å²) >= 11 is 0. The van der Waals surface area contributed by atoms with Gasteiger partial charge in [0.25, 0.3) is 5.56 Å². The summed E-state index contributed by atoms with van der Waals surface area (Å²) in [6, 6.07) is 11.3. The molecule has 0 aliphatic carbocycles. The van der Waals surface area contributed by atoms with Crippen molar-refractivity contribution in [2.75, 3.05) is 31.1 Å². The number of hydrogen-bond donors (Lipinski definition) is 1. The number of amides is 1. The van der Waals surface area contributed by atoms with E-state index in [2.05, 4.69) is 19.9 Å². The summed E-state index contributed by atoms with van der Waals surface area (Å²) in [5, 5.41) is 0.982. The fourth-order valence-corrected chi connectivity index (χ4v) is 3.39. The number of hydrogen-bond acceptors (Lipinski definition) is 5. The van der Waals surface area contributed by atoms with Gasteiger partial charge in [0.1, 0.15) is 0 Å². The first kappa shape index (κ1) is 17.2. The lowest BCUT2D eigenvalue weighted by Gasteiger charge is -2.34. The maximum absolute atomic E-state index is 12.6. The fourth-order valence-electron chi connectivity index (χ4n) is 3.39. The largest absolute Gasteiger partial charge is 0.339 e. The van der Waals surface area contributed by atoms with E-state index >= 15 is 0 Å². The van der Waals surface area contributed by atoms with Crippen LogP contribution in [0, 0.1) is 0 Å². The van der Waals surface area contributed by atoms with Gasteiger partial charge < -0.3 is 14.8 Å². The van der Waals surface area contributed by atoms with Crippen LogP contribution in [0.4, 0.5) is 5.95 Å². The quantitative estimate of drug-likeness (QED) is 0.761. The number of aromatic amines is 1. The number of para-hydroxylation sites is 1. The average Bonchev–Trinajstić information content (AvgIpc) is 2.73. The van der Waals surface area contributed by atoms with Crippen molar-refractivity contribution >= 4 is 22.8 Å². The van der Waals surface area contributed by atoms with E-state index < -0.39 is 0 Å². The number of anilines is 1. The van der Waals surface area contributed by atoms with Crippen molar-refractivity contribution in [1.29, 1.82) is 0 Å². The second kappa shape index (κ2) is 7.57. The Balaban J connectivity index is 1.35. The molecule has 1 aromatic carbocycles. The predicted molar refractivity (Wildman–Crippen MR) is 104 cm³/mol. The summed E-state index contributed by atoms with van der Waals surface area (Å²) in [4.78, 5) is 40.1. The van der Waals surface area contributed by atoms with Crippen LogP contribution in [0.3, 0.4) is 0 Å². The van der Waals surface area contributed by atoms with Crippen molar-refractivity contribution in [2.24, 2.45) is 0 Å². The number of rotatable bonds is 4. The van der Waals surface area contributed by atoms with Crippen molar-refractivity contribution in [3.8, 4) is 0 Å². The molecule has 7 nitrogen and oxygen atoms in total. The number of pyridine rings is 1. The van der Waals surface area contributed by atoms with E-state index in [4.69, 9.17) is 0 Å². The van der Waals surface area contributed by atoms with E-state index in [9.17, 15) is 9.59 Å². The molecular weight excluding hydrogens is 342 g/mol. The van der Waals surface area contributed by atoms with Crippen LogP contribution in [-0.4, -0.2) is 51.9 Å². The lowest BCUT2D eigenvalue weighted by atomic mass is 10.1. The zero-order chi connectivity index (χ0) is 18.6. The monoisotopic (exact) mass is 363 g/mol. The molecule has 0 saturated carbocycles. The molecule has 1 aliphatic heterocycles. The Labute approximate surface area is 156 Å². The van der Waals surface area contributed by atoms with Crippen LogP contribution >= 0.6 is 0 Å². The lowest BCUT2D eigenvalue weighted by molar-refractivity contribution is -0.131. The summed E-state index contributed by atoms with van der Waals surface area (Å²) < 4.78 is 0. The first-order valence-corrected chi connectivity index (χ1v) is 9.11. The number of piperazine rings is 1. The van der Waals surface area contributed by atoms with Gasteiger partial charge in [0, 0.05) is 56.1 Å². The van der Waals surface area contributed by atoms with Crippen molar-refractivity contribution in [2.45, 2.75) is 12.8 Å². The molecule has 0 spiro atoms. The van der Waals surface area contributed by atoms with Crippen LogP contribution in [-0.2, 0) is 11.2 Å². The van der Waals surface area contributed by atoms with Gasteiger partial charge in [0.05, 0.1) is 0 Å². The van der Waals surface area contributed by atoms with Crippen LogP contribution in [0.5, 0.6) is 0 Å². The molecule has 1 saturated heterocycles. The maximum Gasteiger partial charge on any atom is 0.251 e. The van der Waals surface area contributed by atoms with Gasteiger partial charge in [-0.3, -0.25) is 9.59 Å². The molecule has 0 unspecified atom stereocenters. The number of aryl methyl sites for hydroxylation is 1. The highest BCUT2D eigenvalue weighted by atomic mass is 16.2. The van der Waals surface area contributed by atoms with E-state index in [-0.39, 0.29) is 11.5 Å². The number of aromatic nitrogens is 3. The Kier molecular flexibility index (Phi) is 4.82. The number of H-pyrrole nitrogens is 1. The van der Waals surface area contributed by atoms with E-state index in [0.29, 0.717) is 50.5 Å². The van der Waals surface area contributed by atoms with Crippen molar-refractivity contribution in [3.05, 3.63) is 64.7 Å². The molecule has 138 valence electrons. The minimum absolute atomic E-state index is 0.0798. The Morgan fingerprint density at radius 2 is 1.78 bits per heavy atom. The molecule has 2 aromatic heterocycles. The van der Waals surface area contributed by atoms with Gasteiger partial charge in [-0.1, -0.05) is 18.2 Å². The van der Waals surface area contributed by atoms with Crippen LogP contribution in [0.2, 0.25) is 0 Å². The summed E-state index contributed by atoms with van der Waals surface area (Å²) in [7, 11) is 0. The van der Waals surface area contributed by atoms with E-state index in [1.807, 2.05) is 35.2 Å². The minimum atomic E-state index is -0.118. The molecule has 3 aromatic rings. The average molecular weight is 363 g/mol. The van der Waals surface area contributed by atoms with Crippen LogP contribution in [0.15, 0.2) is 53.6 Å². The second-order valence-corrected chi connectivity index (χ2v) is 6.63. The third kappa shape index (κ3) is 3.81. The van der Waals surface area contributed by atoms with Crippen molar-refractivity contribution in [1.82, 2.24) is 19.9 Å². The Morgan fingerprint density at radius 1 is 1.04 bits per heavy atom. The minimum Gasteiger partial charge on any atom is -0.339 e. The topological polar surface area (TPSA) is 82.2 Å². The first-order chi connectivity index (χ1) is 13.2. The standard InChI is InChI=1S/C20H21N5O2/c26-18(24-10-12-25(13-11-24)20-21-8-3-9-22-20)7-6-16-14-15-4-1-2-5-17(15)23-19(16)27/h1-5,8-9,14H,6-7,10-13H2,(H,23,27). The normalized spacial score (nSPS) is 14.5. The van der Waals surface area contributed by atoms with Crippen LogP contribution in [0.1, 0.15) is 12.0 Å². The molecule has 4 rings (SSSR count). The number of benzene rings is 1. The van der Waals surface area contributed by atoms with Gasteiger partial charge in [-0.05, 0) is 30.0 Å². The third-order valence-electron chi connectivity index (χ3n) is 4.91. The highest BCUT2D eigenvalue weighted by molar-refractivity contribution is 5.79. The number of carbonyl (C=O) groups excluding carboxylic acids is 1. The zero-order valence-electron chi connectivity index (χ0n) is 15.0. The molecule has 1 N–H and O–H groups in total. The fraction of sp³-hybridized carbons (Fsp3) is 0.300. The molecule has 1 fully saturated rings. The van der Waals surface area contributed by atoms with Gasteiger partial charge in [0.15, 0.2) is 0 Å². The summed E-state index contributed by atoms with van der Waals surface area (Å²) in [6.45, 7) is 2.72. The Bertz CT molecular complexity index is 994. The van der Waals surface area contributed by atoms with Gasteiger partial charge >= 0.3 is 0 Å². The smallest absolute Gasteiger partial charge is 0.251 e. The zero-order valence-corrected chi connectivity index (χ0v) is 15.0. The van der Waals surface area contributed by atoms with Gasteiger partial charge in [0.2, 0.25) is 11.9 Å². The number of carbonyl (C=O) groups is 1. The number of fused-ring (bicyclic) bond motifs is 1. The second-order valence-electron chi connectivity index (χ2n) is 6.63. The number of nitrogens with one attached hydrogen (secondary N) is 1. The molecule has 0 atom stereocenters. The Hall–Kier alpha value is -3.22. The SMILES string of the molecule is O=C(CCc1cc2ccccc2[nH]c1=O)N1CCN(c2ncccn2)CC1. The van der Waals surface area contributed by atoms with Gasteiger partial charge in [-0.25, -0.2) is 9.97 Å². The lowest BCUT2D eigenvalue weighted by Crippen LogP contribution is -2.49. The predicted octanol–water partition coefficient (Wildman–Crippen LogP) is 1.60. The van der Waals surface area contributed by atoms with E-state index in [1.54, 1.807) is 18.5 Å². The van der Waals surface area contributed by atoms with E-state index in [1.165, 1.54) is 0 Å². The van der Waals surface area contributed by atoms with Crippen molar-refractivity contribution in [3.63, 3.8) is 0 Å².